The molecular formula is C14H24N3+. The fraction of sp³-hybridized carbons (Fsp3) is 0.571. The van der Waals surface area contributed by atoms with Gasteiger partial charge in [-0.2, -0.15) is 0 Å². The van der Waals surface area contributed by atoms with Gasteiger partial charge in [-0.1, -0.05) is 0 Å². The molecule has 17 heavy (non-hydrogen) atoms. The summed E-state index contributed by atoms with van der Waals surface area (Å²) in [4.78, 5) is 0. The molecule has 1 aromatic rings. The Morgan fingerprint density at radius 3 is 2.59 bits per heavy atom. The van der Waals surface area contributed by atoms with Gasteiger partial charge in [0.25, 0.3) is 0 Å². The summed E-state index contributed by atoms with van der Waals surface area (Å²) in [5, 5.41) is 0. The van der Waals surface area contributed by atoms with Crippen molar-refractivity contribution in [3.63, 3.8) is 0 Å². The van der Waals surface area contributed by atoms with Gasteiger partial charge in [-0.05, 0) is 30.2 Å². The quantitative estimate of drug-likeness (QED) is 0.618. The number of quaternary nitrogens is 1. The molecule has 3 nitrogen and oxygen atoms in total. The second-order valence-electron chi connectivity index (χ2n) is 5.56. The van der Waals surface area contributed by atoms with E-state index >= 15 is 0 Å². The molecule has 1 aliphatic heterocycles. The molecule has 0 bridgehead atoms. The van der Waals surface area contributed by atoms with Gasteiger partial charge in [0.2, 0.25) is 0 Å². The first-order valence-electron chi connectivity index (χ1n) is 6.56. The smallest absolute Gasteiger partial charge is 0.0787 e. The second-order valence-corrected chi connectivity index (χ2v) is 5.56. The lowest BCUT2D eigenvalue weighted by atomic mass is 10.1. The molecule has 4 N–H and O–H groups in total. The number of hydrogen-bond acceptors (Lipinski definition) is 2. The average molecular weight is 234 g/mol. The van der Waals surface area contributed by atoms with Crippen LogP contribution in [0.3, 0.4) is 0 Å². The standard InChI is InChI=1S/C14H24N3/c1-17(8-2-3-9-17)10-4-5-12-11-13(15)6-7-14(12)16/h6-7,11H,2-5,8-10,15-16H2,1H3/q+1. The molecule has 1 heterocycles. The predicted octanol–water partition coefficient (Wildman–Crippen LogP) is 2.02. The summed E-state index contributed by atoms with van der Waals surface area (Å²) in [6, 6.07) is 5.79. The van der Waals surface area contributed by atoms with Crippen LogP contribution in [0.2, 0.25) is 0 Å². The molecule has 0 amide bonds. The van der Waals surface area contributed by atoms with Crippen LogP contribution in [0.1, 0.15) is 24.8 Å². The Morgan fingerprint density at radius 2 is 1.88 bits per heavy atom. The van der Waals surface area contributed by atoms with Crippen LogP contribution >= 0.6 is 0 Å². The van der Waals surface area contributed by atoms with Gasteiger partial charge >= 0.3 is 0 Å². The van der Waals surface area contributed by atoms with Crippen molar-refractivity contribution in [3.05, 3.63) is 23.8 Å². The Hall–Kier alpha value is -1.22. The number of nitrogens with zero attached hydrogens (tertiary/aromatic N) is 1. The van der Waals surface area contributed by atoms with Gasteiger partial charge < -0.3 is 16.0 Å². The average Bonchev–Trinajstić information content (AvgIpc) is 2.71. The van der Waals surface area contributed by atoms with Gasteiger partial charge in [0.15, 0.2) is 0 Å². The highest BCUT2D eigenvalue weighted by Crippen LogP contribution is 2.20. The van der Waals surface area contributed by atoms with Crippen molar-refractivity contribution < 1.29 is 4.48 Å². The maximum absolute atomic E-state index is 5.96. The minimum Gasteiger partial charge on any atom is -0.399 e. The number of aryl methyl sites for hydroxylation is 1. The number of rotatable bonds is 4. The van der Waals surface area contributed by atoms with Crippen LogP contribution in [-0.4, -0.2) is 31.2 Å². The van der Waals surface area contributed by atoms with Gasteiger partial charge in [-0.25, -0.2) is 0 Å². The zero-order chi connectivity index (χ0) is 12.3. The molecule has 1 saturated heterocycles. The minimum atomic E-state index is 0.816. The van der Waals surface area contributed by atoms with Crippen molar-refractivity contribution in [1.29, 1.82) is 0 Å². The third-order valence-corrected chi connectivity index (χ3v) is 3.96. The van der Waals surface area contributed by atoms with E-state index in [1.807, 2.05) is 18.2 Å². The third-order valence-electron chi connectivity index (χ3n) is 3.96. The lowest BCUT2D eigenvalue weighted by molar-refractivity contribution is -0.897. The summed E-state index contributed by atoms with van der Waals surface area (Å²) in [5.41, 5.74) is 14.6. The molecule has 1 aliphatic rings. The summed E-state index contributed by atoms with van der Waals surface area (Å²) >= 11 is 0. The highest BCUT2D eigenvalue weighted by molar-refractivity contribution is 5.55. The van der Waals surface area contributed by atoms with Gasteiger partial charge in [0.05, 0.1) is 26.7 Å². The molecule has 0 aromatic heterocycles. The molecule has 0 atom stereocenters. The van der Waals surface area contributed by atoms with Crippen molar-refractivity contribution in [1.82, 2.24) is 0 Å². The molecule has 0 radical (unpaired) electrons. The van der Waals surface area contributed by atoms with Crippen molar-refractivity contribution in [2.75, 3.05) is 38.1 Å². The normalized spacial score (nSPS) is 18.4. The Morgan fingerprint density at radius 1 is 1.18 bits per heavy atom. The minimum absolute atomic E-state index is 0.816. The van der Waals surface area contributed by atoms with E-state index < -0.39 is 0 Å². The number of nitrogens with two attached hydrogens (primary N) is 2. The molecule has 0 aliphatic carbocycles. The summed E-state index contributed by atoms with van der Waals surface area (Å²) < 4.78 is 1.24. The maximum Gasteiger partial charge on any atom is 0.0787 e. The van der Waals surface area contributed by atoms with Gasteiger partial charge in [-0.15, -0.1) is 0 Å². The topological polar surface area (TPSA) is 52.0 Å². The van der Waals surface area contributed by atoms with E-state index in [1.165, 1.54) is 48.9 Å². The van der Waals surface area contributed by atoms with Crippen LogP contribution in [0.4, 0.5) is 11.4 Å². The largest absolute Gasteiger partial charge is 0.399 e. The van der Waals surface area contributed by atoms with Crippen LogP contribution in [0.25, 0.3) is 0 Å². The first-order chi connectivity index (χ1) is 8.09. The molecule has 0 spiro atoms. The molecule has 1 fully saturated rings. The summed E-state index contributed by atoms with van der Waals surface area (Å²) in [5.74, 6) is 0. The monoisotopic (exact) mass is 234 g/mol. The fourth-order valence-electron chi connectivity index (χ4n) is 2.82. The molecular weight excluding hydrogens is 210 g/mol. The van der Waals surface area contributed by atoms with Crippen LogP contribution < -0.4 is 11.5 Å². The van der Waals surface area contributed by atoms with E-state index in [2.05, 4.69) is 7.05 Å². The van der Waals surface area contributed by atoms with Gasteiger partial charge in [0.1, 0.15) is 0 Å². The predicted molar refractivity (Wildman–Crippen MR) is 73.6 cm³/mol. The van der Waals surface area contributed by atoms with E-state index in [0.717, 1.165) is 17.8 Å². The van der Waals surface area contributed by atoms with Crippen LogP contribution in [0.5, 0.6) is 0 Å². The highest BCUT2D eigenvalue weighted by atomic mass is 15.3. The van der Waals surface area contributed by atoms with Crippen molar-refractivity contribution in [2.24, 2.45) is 0 Å². The molecule has 2 rings (SSSR count). The highest BCUT2D eigenvalue weighted by Gasteiger charge is 2.25. The number of anilines is 2. The summed E-state index contributed by atoms with van der Waals surface area (Å²) in [6.07, 6.45) is 5.02. The SMILES string of the molecule is C[N+]1(CCCc2cc(N)ccc2N)CCCC1. The maximum atomic E-state index is 5.96. The number of nitrogen functional groups attached to an aromatic ring is 2. The second kappa shape index (κ2) is 4.96. The molecule has 1 aromatic carbocycles. The zero-order valence-electron chi connectivity index (χ0n) is 10.8. The van der Waals surface area contributed by atoms with E-state index in [4.69, 9.17) is 11.5 Å². The number of likely N-dealkylation sites (tertiary alicyclic amines) is 1. The van der Waals surface area contributed by atoms with Crippen molar-refractivity contribution >= 4 is 11.4 Å². The van der Waals surface area contributed by atoms with Crippen molar-refractivity contribution in [2.45, 2.75) is 25.7 Å². The van der Waals surface area contributed by atoms with Crippen LogP contribution in [-0.2, 0) is 6.42 Å². The number of hydrogen-bond donors (Lipinski definition) is 2. The number of benzene rings is 1. The van der Waals surface area contributed by atoms with E-state index in [1.54, 1.807) is 0 Å². The van der Waals surface area contributed by atoms with Crippen LogP contribution in [0.15, 0.2) is 18.2 Å². The van der Waals surface area contributed by atoms with E-state index in [9.17, 15) is 0 Å². The van der Waals surface area contributed by atoms with Crippen molar-refractivity contribution in [3.8, 4) is 0 Å². The fourth-order valence-corrected chi connectivity index (χ4v) is 2.82. The Kier molecular flexibility index (Phi) is 3.57. The first-order valence-corrected chi connectivity index (χ1v) is 6.56. The van der Waals surface area contributed by atoms with Gasteiger partial charge in [0, 0.05) is 30.6 Å². The molecule has 0 saturated carbocycles. The molecule has 3 heteroatoms. The summed E-state index contributed by atoms with van der Waals surface area (Å²) in [6.45, 7) is 3.94. The third kappa shape index (κ3) is 3.13. The Bertz CT molecular complexity index is 381. The van der Waals surface area contributed by atoms with E-state index in [-0.39, 0.29) is 0 Å². The lowest BCUT2D eigenvalue weighted by Gasteiger charge is -2.29. The summed E-state index contributed by atoms with van der Waals surface area (Å²) in [7, 11) is 2.37. The van der Waals surface area contributed by atoms with Gasteiger partial charge in [-0.3, -0.25) is 0 Å². The Balaban J connectivity index is 1.87. The first kappa shape index (κ1) is 12.2. The van der Waals surface area contributed by atoms with E-state index in [0.29, 0.717) is 0 Å². The molecule has 0 unspecified atom stereocenters. The Labute approximate surface area is 104 Å². The molecule has 94 valence electrons. The zero-order valence-corrected chi connectivity index (χ0v) is 10.8. The van der Waals surface area contributed by atoms with Crippen LogP contribution in [0, 0.1) is 0 Å². The lowest BCUT2D eigenvalue weighted by Crippen LogP contribution is -2.41.